The molecule has 9 nitrogen and oxygen atoms in total. The van der Waals surface area contributed by atoms with E-state index in [1.54, 1.807) is 36.9 Å². The van der Waals surface area contributed by atoms with E-state index in [1.807, 2.05) is 29.2 Å². The number of piperidine rings is 1. The summed E-state index contributed by atoms with van der Waals surface area (Å²) in [6.45, 7) is 3.25. The number of nitrogens with two attached hydrogens (primary N) is 1. The molecule has 0 spiro atoms. The van der Waals surface area contributed by atoms with Crippen LogP contribution in [0.5, 0.6) is 6.01 Å². The quantitative estimate of drug-likeness (QED) is 0.279. The van der Waals surface area contributed by atoms with Crippen LogP contribution in [0, 0.1) is 8.99 Å². The number of hydrogen-bond donors (Lipinski definition) is 2. The van der Waals surface area contributed by atoms with Gasteiger partial charge >= 0.3 is 6.01 Å². The number of anilines is 2. The minimum Gasteiger partial charge on any atom is -0.463 e. The second-order valence-corrected chi connectivity index (χ2v) is 13.7. The van der Waals surface area contributed by atoms with Crippen molar-refractivity contribution >= 4 is 50.8 Å². The number of carbonyl (C=O) groups excluding carboxylic acids is 1. The van der Waals surface area contributed by atoms with Gasteiger partial charge in [-0.05, 0) is 80.0 Å². The van der Waals surface area contributed by atoms with Gasteiger partial charge < -0.3 is 30.3 Å². The normalized spacial score (nSPS) is 24.8. The first-order chi connectivity index (χ1) is 19.8. The minimum atomic E-state index is -2.82. The number of nitrogens with zero attached hydrogens (tertiary/aromatic N) is 5. The molecule has 2 fully saturated rings. The van der Waals surface area contributed by atoms with Gasteiger partial charge in [0.15, 0.2) is 0 Å². The van der Waals surface area contributed by atoms with Gasteiger partial charge in [0.25, 0.3) is 11.8 Å². The van der Waals surface area contributed by atoms with Crippen LogP contribution in [0.2, 0.25) is 0 Å². The highest BCUT2D eigenvalue weighted by Crippen LogP contribution is 2.60. The molecule has 3 aromatic rings. The Morgan fingerprint density at radius 1 is 1.24 bits per heavy atom. The van der Waals surface area contributed by atoms with E-state index in [-0.39, 0.29) is 44.6 Å². The number of carbonyl (C=O) groups is 1. The molecule has 0 bridgehead atoms. The lowest BCUT2D eigenvalue weighted by Gasteiger charge is -2.38. The number of alkyl halides is 2. The van der Waals surface area contributed by atoms with Crippen LogP contribution in [-0.2, 0) is 13.1 Å². The molecule has 1 aromatic heterocycles. The average Bonchev–Trinajstić information content (AvgIpc) is 3.21. The molecule has 1 saturated carbocycles. The number of nitrogen functional groups attached to an aromatic ring is 1. The number of benzene rings is 2. The van der Waals surface area contributed by atoms with E-state index >= 15 is 0 Å². The van der Waals surface area contributed by atoms with Crippen LogP contribution in [0.4, 0.5) is 20.3 Å². The van der Waals surface area contributed by atoms with Crippen molar-refractivity contribution in [3.63, 3.8) is 0 Å². The first-order valence-corrected chi connectivity index (χ1v) is 15.1. The smallest absolute Gasteiger partial charge is 0.318 e. The van der Waals surface area contributed by atoms with Gasteiger partial charge in [0.2, 0.25) is 0 Å². The monoisotopic (exact) mass is 692 g/mol. The summed E-state index contributed by atoms with van der Waals surface area (Å²) in [5, 5.41) is 12.6. The predicted octanol–water partition coefficient (Wildman–Crippen LogP) is 4.29. The number of hydrogen-bond acceptors (Lipinski definition) is 8. The molecule has 42 heavy (non-hydrogen) atoms. The zero-order valence-corrected chi connectivity index (χ0v) is 26.1. The Bertz CT molecular complexity index is 1570. The first kappa shape index (κ1) is 29.2. The van der Waals surface area contributed by atoms with Gasteiger partial charge in [0.05, 0.1) is 35.4 Å². The second-order valence-electron chi connectivity index (χ2n) is 12.5. The molecule has 1 amide bonds. The standard InChI is InChI=1S/C30H35F2IN6O3/c1-28(41)8-5-9-38(15-28)25-21-12-39(26(40)20-11-19(34)10-18-6-4-7-22(33)24(18)20)13-23(21)35-27(36-25)42-17-29(16-37(2)3)14-30(29,31)32/h4,6-7,10-11,41H,5,8-9,12-17,34H2,1-3H3/t28?,29-/m1/s1. The van der Waals surface area contributed by atoms with Crippen molar-refractivity contribution in [2.24, 2.45) is 5.41 Å². The SMILES string of the molecule is CN(C)C[C@@]1(COc2nc3c(c(N4CCCC(C)(O)C4)n2)CN(C(=O)c2cc(N)cc4cccc(I)c24)C3)CC1(F)F. The molecule has 3 heterocycles. The summed E-state index contributed by atoms with van der Waals surface area (Å²) in [4.78, 5) is 28.8. The fourth-order valence-electron chi connectivity index (χ4n) is 6.39. The number of aliphatic hydroxyl groups is 1. The number of amides is 1. The van der Waals surface area contributed by atoms with Gasteiger partial charge in [-0.25, -0.2) is 8.78 Å². The van der Waals surface area contributed by atoms with Crippen LogP contribution in [0.25, 0.3) is 10.8 Å². The summed E-state index contributed by atoms with van der Waals surface area (Å²) in [5.74, 6) is -2.43. The van der Waals surface area contributed by atoms with E-state index in [2.05, 4.69) is 27.6 Å². The van der Waals surface area contributed by atoms with Gasteiger partial charge in [-0.2, -0.15) is 9.97 Å². The fourth-order valence-corrected chi connectivity index (χ4v) is 7.20. The highest BCUT2D eigenvalue weighted by Gasteiger charge is 2.71. The number of fused-ring (bicyclic) bond motifs is 2. The second kappa shape index (κ2) is 10.4. The van der Waals surface area contributed by atoms with Crippen molar-refractivity contribution in [2.45, 2.75) is 50.8 Å². The molecule has 1 saturated heterocycles. The summed E-state index contributed by atoms with van der Waals surface area (Å²) in [7, 11) is 3.52. The lowest BCUT2D eigenvalue weighted by molar-refractivity contribution is 0.0285. The Balaban J connectivity index is 1.33. The van der Waals surface area contributed by atoms with Gasteiger partial charge in [0, 0.05) is 46.3 Å². The fraction of sp³-hybridized carbons (Fsp3) is 0.500. The van der Waals surface area contributed by atoms with Gasteiger partial charge in [-0.15, -0.1) is 0 Å². The van der Waals surface area contributed by atoms with Crippen LogP contribution in [0.15, 0.2) is 30.3 Å². The Labute approximate surface area is 257 Å². The van der Waals surface area contributed by atoms with E-state index in [0.29, 0.717) is 42.3 Å². The van der Waals surface area contributed by atoms with Gasteiger partial charge in [0.1, 0.15) is 12.4 Å². The highest BCUT2D eigenvalue weighted by molar-refractivity contribution is 14.1. The maximum atomic E-state index is 14.4. The van der Waals surface area contributed by atoms with E-state index < -0.39 is 16.9 Å². The zero-order chi connectivity index (χ0) is 30.0. The van der Waals surface area contributed by atoms with Crippen molar-refractivity contribution in [3.8, 4) is 6.01 Å². The van der Waals surface area contributed by atoms with Crippen molar-refractivity contribution < 1.29 is 23.4 Å². The van der Waals surface area contributed by atoms with E-state index in [0.717, 1.165) is 26.3 Å². The molecule has 0 radical (unpaired) electrons. The Kier molecular flexibility index (Phi) is 7.25. The molecular weight excluding hydrogens is 657 g/mol. The molecule has 1 unspecified atom stereocenters. The largest absolute Gasteiger partial charge is 0.463 e. The summed E-state index contributed by atoms with van der Waals surface area (Å²) in [5.41, 5.74) is 6.38. The van der Waals surface area contributed by atoms with Gasteiger partial charge in [-0.3, -0.25) is 4.79 Å². The highest BCUT2D eigenvalue weighted by atomic mass is 127. The number of β-amino-alcohol motifs (C(OH)–C–C–N with tert-alkyl or cyclic N) is 1. The maximum Gasteiger partial charge on any atom is 0.318 e. The third-order valence-electron chi connectivity index (χ3n) is 8.49. The minimum absolute atomic E-state index is 0.00745. The van der Waals surface area contributed by atoms with E-state index in [4.69, 9.17) is 15.5 Å². The summed E-state index contributed by atoms with van der Waals surface area (Å²) in [6, 6.07) is 9.39. The lowest BCUT2D eigenvalue weighted by atomic mass is 9.95. The zero-order valence-electron chi connectivity index (χ0n) is 24.0. The Morgan fingerprint density at radius 2 is 2.00 bits per heavy atom. The van der Waals surface area contributed by atoms with Crippen molar-refractivity contribution in [1.82, 2.24) is 19.8 Å². The Morgan fingerprint density at radius 3 is 2.69 bits per heavy atom. The topological polar surface area (TPSA) is 108 Å². The lowest BCUT2D eigenvalue weighted by Crippen LogP contribution is -2.47. The molecule has 224 valence electrons. The average molecular weight is 693 g/mol. The first-order valence-electron chi connectivity index (χ1n) is 14.1. The molecule has 3 N–H and O–H groups in total. The third-order valence-corrected chi connectivity index (χ3v) is 9.39. The van der Waals surface area contributed by atoms with Crippen LogP contribution in [0.3, 0.4) is 0 Å². The summed E-state index contributed by atoms with van der Waals surface area (Å²) in [6.07, 6.45) is 1.17. The van der Waals surface area contributed by atoms with Crippen LogP contribution in [-0.4, -0.2) is 82.6 Å². The van der Waals surface area contributed by atoms with Crippen molar-refractivity contribution in [2.75, 3.05) is 51.0 Å². The third kappa shape index (κ3) is 5.37. The molecule has 2 atom stereocenters. The molecule has 1 aliphatic carbocycles. The van der Waals surface area contributed by atoms with Crippen molar-refractivity contribution in [3.05, 3.63) is 50.7 Å². The van der Waals surface area contributed by atoms with Crippen LogP contribution >= 0.6 is 22.6 Å². The number of aromatic nitrogens is 2. The Hall–Kier alpha value is -2.84. The number of ether oxygens (including phenoxy) is 1. The van der Waals surface area contributed by atoms with E-state index in [1.165, 1.54) is 0 Å². The molecule has 2 aromatic carbocycles. The molecular formula is C30H35F2IN6O3. The molecule has 12 heteroatoms. The number of halogens is 3. The van der Waals surface area contributed by atoms with E-state index in [9.17, 15) is 18.7 Å². The van der Waals surface area contributed by atoms with Crippen LogP contribution in [0.1, 0.15) is 47.8 Å². The van der Waals surface area contributed by atoms with Crippen LogP contribution < -0.4 is 15.4 Å². The van der Waals surface area contributed by atoms with Crippen molar-refractivity contribution in [1.29, 1.82) is 0 Å². The van der Waals surface area contributed by atoms with Gasteiger partial charge in [-0.1, -0.05) is 12.1 Å². The maximum absolute atomic E-state index is 14.4. The number of rotatable bonds is 7. The predicted molar refractivity (Wildman–Crippen MR) is 165 cm³/mol. The molecule has 3 aliphatic rings. The molecule has 2 aliphatic heterocycles. The molecule has 6 rings (SSSR count). The summed E-state index contributed by atoms with van der Waals surface area (Å²) < 4.78 is 35.7. The summed E-state index contributed by atoms with van der Waals surface area (Å²) >= 11 is 2.23.